The minimum atomic E-state index is -3.91. The molecular formula is C35H32F2N6O7S. The van der Waals surface area contributed by atoms with Crippen molar-refractivity contribution in [2.45, 2.75) is 19.0 Å². The van der Waals surface area contributed by atoms with Gasteiger partial charge in [0.2, 0.25) is 10.0 Å². The van der Waals surface area contributed by atoms with Gasteiger partial charge < -0.3 is 19.9 Å². The number of anilines is 1. The summed E-state index contributed by atoms with van der Waals surface area (Å²) in [6.45, 7) is -0.0709. The third-order valence-electron chi connectivity index (χ3n) is 8.26. The Hall–Kier alpha value is -6.03. The normalized spacial score (nSPS) is 12.2. The molecule has 0 saturated carbocycles. The summed E-state index contributed by atoms with van der Waals surface area (Å²) >= 11 is 0. The average molecular weight is 719 g/mol. The molecule has 2 N–H and O–H groups in total. The van der Waals surface area contributed by atoms with Crippen molar-refractivity contribution in [3.05, 3.63) is 118 Å². The highest BCUT2D eigenvalue weighted by molar-refractivity contribution is 7.92. The lowest BCUT2D eigenvalue weighted by Gasteiger charge is -2.23. The molecule has 4 aromatic carbocycles. The van der Waals surface area contributed by atoms with Crippen LogP contribution in [0, 0.1) is 11.6 Å². The van der Waals surface area contributed by atoms with Crippen LogP contribution >= 0.6 is 0 Å². The molecular weight excluding hydrogens is 686 g/mol. The number of para-hydroxylation sites is 1. The first-order valence-corrected chi connectivity index (χ1v) is 17.2. The van der Waals surface area contributed by atoms with E-state index in [-0.39, 0.29) is 46.8 Å². The van der Waals surface area contributed by atoms with Gasteiger partial charge >= 0.3 is 6.09 Å². The highest BCUT2D eigenvalue weighted by atomic mass is 32.2. The topological polar surface area (TPSA) is 158 Å². The van der Waals surface area contributed by atoms with Crippen LogP contribution in [0.15, 0.2) is 83.7 Å². The van der Waals surface area contributed by atoms with Crippen molar-refractivity contribution in [2.75, 3.05) is 24.8 Å². The second-order valence-corrected chi connectivity index (χ2v) is 13.6. The Bertz CT molecular complexity index is 2450. The molecule has 6 rings (SSSR count). The number of ether oxygens (including phenoxy) is 2. The van der Waals surface area contributed by atoms with Crippen molar-refractivity contribution >= 4 is 43.7 Å². The molecule has 1 amide bonds. The maximum Gasteiger partial charge on any atom is 0.405 e. The number of aromatic nitrogens is 4. The van der Waals surface area contributed by atoms with E-state index in [0.29, 0.717) is 34.0 Å². The first-order valence-electron chi connectivity index (χ1n) is 15.4. The predicted molar refractivity (Wildman–Crippen MR) is 186 cm³/mol. The Morgan fingerprint density at radius 2 is 1.61 bits per heavy atom. The van der Waals surface area contributed by atoms with E-state index < -0.39 is 39.4 Å². The van der Waals surface area contributed by atoms with E-state index in [9.17, 15) is 31.9 Å². The van der Waals surface area contributed by atoms with Gasteiger partial charge in [-0.1, -0.05) is 18.2 Å². The minimum absolute atomic E-state index is 0.0709. The number of halogens is 2. The molecule has 13 nitrogen and oxygen atoms in total. The van der Waals surface area contributed by atoms with Crippen LogP contribution < -0.4 is 24.7 Å². The smallest absolute Gasteiger partial charge is 0.405 e. The number of nitrogens with zero attached hydrogens (tertiary/aromatic N) is 5. The number of aryl methyl sites for hydroxylation is 1. The molecule has 2 aromatic heterocycles. The Morgan fingerprint density at radius 3 is 2.24 bits per heavy atom. The van der Waals surface area contributed by atoms with Crippen molar-refractivity contribution in [3.63, 3.8) is 0 Å². The standard InChI is InChI=1S/C35H32F2N6O7S/c1-41-31-27(32(40-41)42(51(4,47)48)19-20-8-10-24(49-2)11-9-20)6-5-7-30(31)43-33(38-28-18-25(50-3)12-13-26(28)34(43)44)29(39-35(45)46)16-21-14-22(36)17-23(37)15-21/h5-15,17-18,29,39H,16,19H2,1-4H3,(H,45,46). The second-order valence-electron chi connectivity index (χ2n) is 11.7. The molecule has 2 heterocycles. The molecule has 51 heavy (non-hydrogen) atoms. The zero-order chi connectivity index (χ0) is 36.6. The van der Waals surface area contributed by atoms with Crippen molar-refractivity contribution in [1.82, 2.24) is 24.6 Å². The van der Waals surface area contributed by atoms with Crippen LogP contribution in [-0.4, -0.2) is 59.4 Å². The first kappa shape index (κ1) is 34.8. The van der Waals surface area contributed by atoms with E-state index >= 15 is 0 Å². The zero-order valence-corrected chi connectivity index (χ0v) is 28.6. The maximum atomic E-state index is 14.5. The molecule has 0 aliphatic rings. The highest BCUT2D eigenvalue weighted by Crippen LogP contribution is 2.34. The third kappa shape index (κ3) is 7.03. The number of methoxy groups -OCH3 is 2. The molecule has 0 fully saturated rings. The van der Waals surface area contributed by atoms with Crippen LogP contribution in [0.2, 0.25) is 0 Å². The van der Waals surface area contributed by atoms with Gasteiger partial charge in [-0.25, -0.2) is 31.3 Å². The zero-order valence-electron chi connectivity index (χ0n) is 27.8. The van der Waals surface area contributed by atoms with Crippen LogP contribution in [0.5, 0.6) is 11.5 Å². The van der Waals surface area contributed by atoms with E-state index in [1.165, 1.54) is 35.6 Å². The molecule has 0 saturated heterocycles. The number of sulfonamides is 1. The Balaban J connectivity index is 1.60. The fourth-order valence-corrected chi connectivity index (χ4v) is 6.84. The number of rotatable bonds is 11. The summed E-state index contributed by atoms with van der Waals surface area (Å²) in [6.07, 6.45) is -0.714. The summed E-state index contributed by atoms with van der Waals surface area (Å²) in [6, 6.07) is 17.8. The molecule has 0 bridgehead atoms. The number of amides is 1. The Morgan fingerprint density at radius 1 is 0.941 bits per heavy atom. The fraction of sp³-hybridized carbons (Fsp3) is 0.200. The van der Waals surface area contributed by atoms with Gasteiger partial charge in [0.05, 0.1) is 55.2 Å². The lowest BCUT2D eigenvalue weighted by atomic mass is 10.0. The molecule has 16 heteroatoms. The summed E-state index contributed by atoms with van der Waals surface area (Å²) in [5, 5.41) is 17.3. The molecule has 0 aliphatic heterocycles. The van der Waals surface area contributed by atoms with Crippen LogP contribution in [-0.2, 0) is 30.0 Å². The monoisotopic (exact) mass is 718 g/mol. The predicted octanol–water partition coefficient (Wildman–Crippen LogP) is 5.09. The van der Waals surface area contributed by atoms with Crippen LogP contribution in [0.3, 0.4) is 0 Å². The number of hydrogen-bond acceptors (Lipinski definition) is 8. The number of benzene rings is 4. The van der Waals surface area contributed by atoms with Crippen molar-refractivity contribution < 1.29 is 36.6 Å². The summed E-state index contributed by atoms with van der Waals surface area (Å²) in [4.78, 5) is 31.4. The van der Waals surface area contributed by atoms with Crippen LogP contribution in [0.1, 0.15) is 23.0 Å². The number of fused-ring (bicyclic) bond motifs is 2. The Labute approximate surface area is 290 Å². The SMILES string of the molecule is COc1ccc(CN(c2nn(C)c3c(-n4c(C(Cc5cc(F)cc(F)c5)NC(=O)O)nc5cc(OC)ccc5c4=O)cccc23)S(C)(=O)=O)cc1. The second kappa shape index (κ2) is 13.7. The maximum absolute atomic E-state index is 14.5. The largest absolute Gasteiger partial charge is 0.497 e. The van der Waals surface area contributed by atoms with E-state index in [4.69, 9.17) is 14.5 Å². The van der Waals surface area contributed by atoms with Gasteiger partial charge in [0.1, 0.15) is 29.0 Å². The molecule has 0 radical (unpaired) electrons. The summed E-state index contributed by atoms with van der Waals surface area (Å²) in [5.74, 6) is -0.795. The van der Waals surface area contributed by atoms with E-state index in [1.807, 2.05) is 0 Å². The number of carbonyl (C=O) groups is 1. The van der Waals surface area contributed by atoms with Crippen LogP contribution in [0.4, 0.5) is 19.4 Å². The minimum Gasteiger partial charge on any atom is -0.497 e. The molecule has 264 valence electrons. The van der Waals surface area contributed by atoms with Gasteiger partial charge in [0, 0.05) is 31.0 Å². The van der Waals surface area contributed by atoms with Gasteiger partial charge in [-0.3, -0.25) is 14.0 Å². The van der Waals surface area contributed by atoms with Gasteiger partial charge in [-0.05, 0) is 59.7 Å². The molecule has 1 atom stereocenters. The lowest BCUT2D eigenvalue weighted by molar-refractivity contribution is 0.189. The Kier molecular flexibility index (Phi) is 9.36. The van der Waals surface area contributed by atoms with E-state index in [1.54, 1.807) is 55.6 Å². The van der Waals surface area contributed by atoms with Crippen molar-refractivity contribution in [3.8, 4) is 17.2 Å². The molecule has 6 aromatic rings. The number of carboxylic acid groups (broad SMARTS) is 1. The quantitative estimate of drug-likeness (QED) is 0.186. The van der Waals surface area contributed by atoms with E-state index in [0.717, 1.165) is 22.7 Å². The summed E-state index contributed by atoms with van der Waals surface area (Å²) in [7, 11) is 0.628. The molecule has 0 aliphatic carbocycles. The van der Waals surface area contributed by atoms with Gasteiger partial charge in [-0.15, -0.1) is 0 Å². The van der Waals surface area contributed by atoms with Crippen LogP contribution in [0.25, 0.3) is 27.5 Å². The third-order valence-corrected chi connectivity index (χ3v) is 9.36. The van der Waals surface area contributed by atoms with Gasteiger partial charge in [0.15, 0.2) is 5.82 Å². The number of hydrogen-bond donors (Lipinski definition) is 2. The first-order chi connectivity index (χ1) is 24.3. The van der Waals surface area contributed by atoms with Gasteiger partial charge in [0.25, 0.3) is 5.56 Å². The van der Waals surface area contributed by atoms with Crippen molar-refractivity contribution in [1.29, 1.82) is 0 Å². The summed E-state index contributed by atoms with van der Waals surface area (Å²) < 4.78 is 69.3. The van der Waals surface area contributed by atoms with E-state index in [2.05, 4.69) is 10.4 Å². The lowest BCUT2D eigenvalue weighted by Crippen LogP contribution is -2.35. The van der Waals surface area contributed by atoms with Crippen molar-refractivity contribution in [2.24, 2.45) is 7.05 Å². The number of nitrogens with one attached hydrogen (secondary N) is 1. The average Bonchev–Trinajstić information content (AvgIpc) is 3.41. The highest BCUT2D eigenvalue weighted by Gasteiger charge is 2.29. The molecule has 0 spiro atoms. The summed E-state index contributed by atoms with van der Waals surface area (Å²) in [5.41, 5.74) is 0.836. The fourth-order valence-electron chi connectivity index (χ4n) is 6.01. The van der Waals surface area contributed by atoms with Gasteiger partial charge in [-0.2, -0.15) is 5.10 Å². The molecule has 1 unspecified atom stereocenters.